The minimum absolute atomic E-state index is 0.0117. The molecule has 0 spiro atoms. The third-order valence-electron chi connectivity index (χ3n) is 4.18. The Morgan fingerprint density at radius 3 is 2.52 bits per heavy atom. The quantitative estimate of drug-likeness (QED) is 0.871. The van der Waals surface area contributed by atoms with Crippen LogP contribution >= 0.6 is 11.5 Å². The summed E-state index contributed by atoms with van der Waals surface area (Å²) in [7, 11) is 0. The first-order valence-corrected chi connectivity index (χ1v) is 8.62. The SMILES string of the molecule is O=C(c1ccccc1C(F)(F)F)N1CCC(Nc2cs[nH]c2=O)CC1. The van der Waals surface area contributed by atoms with Gasteiger partial charge in [0.2, 0.25) is 0 Å². The molecular formula is C16H16F3N3O2S. The second-order valence-electron chi connectivity index (χ2n) is 5.83. The Kier molecular flexibility index (Phi) is 4.85. The molecule has 1 aromatic carbocycles. The Labute approximate surface area is 145 Å². The van der Waals surface area contributed by atoms with E-state index < -0.39 is 17.6 Å². The Hall–Kier alpha value is -2.29. The van der Waals surface area contributed by atoms with Crippen LogP contribution in [0.5, 0.6) is 0 Å². The van der Waals surface area contributed by atoms with Crippen molar-refractivity contribution in [2.75, 3.05) is 18.4 Å². The van der Waals surface area contributed by atoms with Crippen LogP contribution in [0.2, 0.25) is 0 Å². The van der Waals surface area contributed by atoms with Crippen molar-refractivity contribution >= 4 is 23.1 Å². The number of aromatic amines is 1. The largest absolute Gasteiger partial charge is 0.417 e. The van der Waals surface area contributed by atoms with Crippen LogP contribution in [-0.4, -0.2) is 34.3 Å². The number of H-pyrrole nitrogens is 1. The number of piperidine rings is 1. The summed E-state index contributed by atoms with van der Waals surface area (Å²) in [4.78, 5) is 25.4. The molecule has 1 amide bonds. The third kappa shape index (κ3) is 3.87. The van der Waals surface area contributed by atoms with Crippen molar-refractivity contribution in [3.63, 3.8) is 0 Å². The summed E-state index contributed by atoms with van der Waals surface area (Å²) in [6.45, 7) is 0.676. The highest BCUT2D eigenvalue weighted by molar-refractivity contribution is 7.03. The normalized spacial score (nSPS) is 16.0. The minimum Gasteiger partial charge on any atom is -0.377 e. The van der Waals surface area contributed by atoms with E-state index in [0.717, 1.165) is 6.07 Å². The van der Waals surface area contributed by atoms with E-state index in [0.29, 0.717) is 31.6 Å². The number of hydrogen-bond donors (Lipinski definition) is 2. The van der Waals surface area contributed by atoms with Crippen LogP contribution in [0.15, 0.2) is 34.4 Å². The first-order valence-electron chi connectivity index (χ1n) is 7.74. The first-order chi connectivity index (χ1) is 11.9. The predicted octanol–water partition coefficient (Wildman–Crippen LogP) is 3.17. The van der Waals surface area contributed by atoms with E-state index in [9.17, 15) is 22.8 Å². The molecule has 1 aliphatic heterocycles. The van der Waals surface area contributed by atoms with Gasteiger partial charge < -0.3 is 10.2 Å². The Bertz CT molecular complexity index is 807. The molecule has 1 saturated heterocycles. The average Bonchev–Trinajstić information content (AvgIpc) is 2.99. The molecule has 0 atom stereocenters. The first kappa shape index (κ1) is 17.5. The maximum atomic E-state index is 13.1. The lowest BCUT2D eigenvalue weighted by Gasteiger charge is -2.33. The monoisotopic (exact) mass is 371 g/mol. The van der Waals surface area contributed by atoms with E-state index in [4.69, 9.17) is 0 Å². The van der Waals surface area contributed by atoms with E-state index in [2.05, 4.69) is 9.69 Å². The summed E-state index contributed by atoms with van der Waals surface area (Å²) >= 11 is 1.19. The van der Waals surface area contributed by atoms with Crippen LogP contribution in [0.25, 0.3) is 0 Å². The molecule has 134 valence electrons. The predicted molar refractivity (Wildman–Crippen MR) is 88.9 cm³/mol. The number of nitrogens with zero attached hydrogens (tertiary/aromatic N) is 1. The number of hydrogen-bond acceptors (Lipinski definition) is 4. The van der Waals surface area contributed by atoms with E-state index in [1.165, 1.54) is 34.6 Å². The summed E-state index contributed by atoms with van der Waals surface area (Å²) in [5, 5.41) is 4.79. The third-order valence-corrected chi connectivity index (χ3v) is 4.83. The second kappa shape index (κ2) is 6.91. The summed E-state index contributed by atoms with van der Waals surface area (Å²) < 4.78 is 41.8. The standard InChI is InChI=1S/C16H16F3N3O2S/c17-16(18,19)12-4-2-1-3-11(12)15(24)22-7-5-10(6-8-22)20-13-9-25-21-14(13)23/h1-4,9-10,20H,5-8H2,(H,21,23). The van der Waals surface area contributed by atoms with Gasteiger partial charge in [-0.05, 0) is 25.0 Å². The van der Waals surface area contributed by atoms with Gasteiger partial charge in [-0.15, -0.1) is 0 Å². The molecule has 2 N–H and O–H groups in total. The minimum atomic E-state index is -4.56. The molecule has 2 aromatic rings. The fourth-order valence-electron chi connectivity index (χ4n) is 2.88. The zero-order valence-electron chi connectivity index (χ0n) is 13.1. The number of aromatic nitrogens is 1. The van der Waals surface area contributed by atoms with Gasteiger partial charge in [-0.2, -0.15) is 13.2 Å². The topological polar surface area (TPSA) is 65.2 Å². The van der Waals surface area contributed by atoms with E-state index in [1.807, 2.05) is 0 Å². The number of alkyl halides is 3. The fraction of sp³-hybridized carbons (Fsp3) is 0.375. The fourth-order valence-corrected chi connectivity index (χ4v) is 3.45. The lowest BCUT2D eigenvalue weighted by atomic mass is 10.0. The van der Waals surface area contributed by atoms with Crippen molar-refractivity contribution in [3.05, 3.63) is 51.1 Å². The average molecular weight is 371 g/mol. The van der Waals surface area contributed by atoms with Crippen LogP contribution in [0.4, 0.5) is 18.9 Å². The van der Waals surface area contributed by atoms with Crippen molar-refractivity contribution in [1.82, 2.24) is 9.27 Å². The second-order valence-corrected chi connectivity index (χ2v) is 6.51. The van der Waals surface area contributed by atoms with Crippen molar-refractivity contribution < 1.29 is 18.0 Å². The van der Waals surface area contributed by atoms with Crippen molar-refractivity contribution in [2.24, 2.45) is 0 Å². The van der Waals surface area contributed by atoms with Crippen LogP contribution in [0, 0.1) is 0 Å². The number of amides is 1. The summed E-state index contributed by atoms with van der Waals surface area (Å²) in [5.41, 5.74) is -0.944. The van der Waals surface area contributed by atoms with Crippen molar-refractivity contribution in [1.29, 1.82) is 0 Å². The van der Waals surface area contributed by atoms with Gasteiger partial charge >= 0.3 is 6.18 Å². The Morgan fingerprint density at radius 2 is 1.92 bits per heavy atom. The van der Waals surface area contributed by atoms with Crippen LogP contribution in [0.1, 0.15) is 28.8 Å². The number of carbonyl (C=O) groups is 1. The summed E-state index contributed by atoms with van der Waals surface area (Å²) in [5.74, 6) is -0.611. The lowest BCUT2D eigenvalue weighted by molar-refractivity contribution is -0.138. The molecule has 0 unspecified atom stereocenters. The maximum absolute atomic E-state index is 13.1. The maximum Gasteiger partial charge on any atom is 0.417 e. The van der Waals surface area contributed by atoms with Crippen molar-refractivity contribution in [2.45, 2.75) is 25.1 Å². The number of nitrogens with one attached hydrogen (secondary N) is 2. The Morgan fingerprint density at radius 1 is 1.24 bits per heavy atom. The Balaban J connectivity index is 1.66. The molecule has 1 aliphatic rings. The molecule has 1 aromatic heterocycles. The number of carbonyl (C=O) groups excluding carboxylic acids is 1. The zero-order chi connectivity index (χ0) is 18.0. The van der Waals surface area contributed by atoms with Crippen LogP contribution in [0.3, 0.4) is 0 Å². The molecule has 2 heterocycles. The molecule has 0 aliphatic carbocycles. The summed E-state index contributed by atoms with van der Waals surface area (Å²) in [6.07, 6.45) is -3.43. The molecule has 3 rings (SSSR count). The van der Waals surface area contributed by atoms with Gasteiger partial charge in [-0.3, -0.25) is 14.0 Å². The molecule has 5 nitrogen and oxygen atoms in total. The highest BCUT2D eigenvalue weighted by atomic mass is 32.1. The molecule has 0 bridgehead atoms. The smallest absolute Gasteiger partial charge is 0.377 e. The molecule has 1 fully saturated rings. The van der Waals surface area contributed by atoms with Gasteiger partial charge in [-0.25, -0.2) is 0 Å². The number of halogens is 3. The van der Waals surface area contributed by atoms with Gasteiger partial charge in [0.15, 0.2) is 0 Å². The highest BCUT2D eigenvalue weighted by Gasteiger charge is 2.36. The van der Waals surface area contributed by atoms with E-state index in [1.54, 1.807) is 5.38 Å². The number of rotatable bonds is 3. The van der Waals surface area contributed by atoms with E-state index in [-0.39, 0.29) is 17.2 Å². The number of likely N-dealkylation sites (tertiary alicyclic amines) is 1. The molecule has 25 heavy (non-hydrogen) atoms. The summed E-state index contributed by atoms with van der Waals surface area (Å²) in [6, 6.07) is 4.84. The van der Waals surface area contributed by atoms with Crippen molar-refractivity contribution in [3.8, 4) is 0 Å². The number of benzene rings is 1. The van der Waals surface area contributed by atoms with Gasteiger partial charge in [0, 0.05) is 24.5 Å². The van der Waals surface area contributed by atoms with Gasteiger partial charge in [-0.1, -0.05) is 23.7 Å². The zero-order valence-corrected chi connectivity index (χ0v) is 13.9. The highest BCUT2D eigenvalue weighted by Crippen LogP contribution is 2.32. The van der Waals surface area contributed by atoms with Gasteiger partial charge in [0.05, 0.1) is 11.1 Å². The molecule has 9 heteroatoms. The molecule has 0 saturated carbocycles. The lowest BCUT2D eigenvalue weighted by Crippen LogP contribution is -2.43. The van der Waals surface area contributed by atoms with Crippen LogP contribution < -0.4 is 10.9 Å². The van der Waals surface area contributed by atoms with Gasteiger partial charge in [0.25, 0.3) is 11.5 Å². The molecular weight excluding hydrogens is 355 g/mol. The van der Waals surface area contributed by atoms with Gasteiger partial charge in [0.1, 0.15) is 5.69 Å². The molecule has 0 radical (unpaired) electrons. The van der Waals surface area contributed by atoms with Crippen LogP contribution in [-0.2, 0) is 6.18 Å². The van der Waals surface area contributed by atoms with E-state index >= 15 is 0 Å². The number of anilines is 1.